The summed E-state index contributed by atoms with van der Waals surface area (Å²) in [7, 11) is 0. The number of hydrogen-bond acceptors (Lipinski definition) is 4. The molecule has 0 unspecified atom stereocenters. The molecule has 3 heterocycles. The number of amides is 1. The fraction of sp³-hybridized carbons (Fsp3) is 0.185. The Kier molecular flexibility index (Phi) is 6.20. The first-order chi connectivity index (χ1) is 17.3. The molecule has 9 heteroatoms. The molecule has 1 amide bonds. The first kappa shape index (κ1) is 23.6. The van der Waals surface area contributed by atoms with E-state index >= 15 is 0 Å². The number of aliphatic carboxylic acids is 1. The highest BCUT2D eigenvalue weighted by Gasteiger charge is 2.35. The first-order valence-electron chi connectivity index (χ1n) is 11.5. The van der Waals surface area contributed by atoms with Crippen LogP contribution in [0.3, 0.4) is 0 Å². The summed E-state index contributed by atoms with van der Waals surface area (Å²) in [4.78, 5) is 37.6. The van der Waals surface area contributed by atoms with E-state index < -0.39 is 17.9 Å². The number of benzene rings is 2. The smallest absolute Gasteiger partial charge is 0.303 e. The number of rotatable bonds is 6. The van der Waals surface area contributed by atoms with Gasteiger partial charge >= 0.3 is 5.97 Å². The molecule has 8 nitrogen and oxygen atoms in total. The van der Waals surface area contributed by atoms with Gasteiger partial charge in [0.1, 0.15) is 0 Å². The van der Waals surface area contributed by atoms with Crippen molar-refractivity contribution in [3.05, 3.63) is 98.9 Å². The molecule has 2 N–H and O–H groups in total. The van der Waals surface area contributed by atoms with Crippen molar-refractivity contribution in [2.45, 2.75) is 32.2 Å². The van der Waals surface area contributed by atoms with Gasteiger partial charge in [0.05, 0.1) is 29.3 Å². The number of carbonyl (C=O) groups excluding carboxylic acids is 1. The molecular formula is C27H23ClN4O4. The summed E-state index contributed by atoms with van der Waals surface area (Å²) in [6.07, 6.45) is 1.58. The maximum absolute atomic E-state index is 13.4. The lowest BCUT2D eigenvalue weighted by atomic mass is 9.93. The molecule has 36 heavy (non-hydrogen) atoms. The highest BCUT2D eigenvalue weighted by molar-refractivity contribution is 6.30. The minimum atomic E-state index is -1.06. The second-order valence-electron chi connectivity index (χ2n) is 8.77. The van der Waals surface area contributed by atoms with Gasteiger partial charge < -0.3 is 5.11 Å². The third-order valence-corrected chi connectivity index (χ3v) is 6.56. The number of H-pyrrole nitrogens is 1. The molecule has 0 spiro atoms. The Labute approximate surface area is 211 Å². The Hall–Kier alpha value is -4.17. The molecule has 0 bridgehead atoms. The number of fused-ring (bicyclic) bond motifs is 1. The van der Waals surface area contributed by atoms with Crippen molar-refractivity contribution in [3.8, 4) is 11.1 Å². The van der Waals surface area contributed by atoms with E-state index in [1.807, 2.05) is 55.5 Å². The highest BCUT2D eigenvalue weighted by Crippen LogP contribution is 2.36. The van der Waals surface area contributed by atoms with E-state index in [4.69, 9.17) is 16.7 Å². The van der Waals surface area contributed by atoms with E-state index in [0.29, 0.717) is 28.3 Å². The molecule has 0 saturated carbocycles. The van der Waals surface area contributed by atoms with E-state index in [2.05, 4.69) is 10.2 Å². The summed E-state index contributed by atoms with van der Waals surface area (Å²) in [5.41, 5.74) is 4.66. The number of aromatic amines is 1. The summed E-state index contributed by atoms with van der Waals surface area (Å²) < 4.78 is 1.65. The Bertz CT molecular complexity index is 1550. The van der Waals surface area contributed by atoms with E-state index in [1.165, 1.54) is 5.01 Å². The van der Waals surface area contributed by atoms with Crippen molar-refractivity contribution in [1.29, 1.82) is 0 Å². The number of nitrogens with zero attached hydrogens (tertiary/aromatic N) is 3. The van der Waals surface area contributed by atoms with Crippen LogP contribution in [0.2, 0.25) is 5.02 Å². The van der Waals surface area contributed by atoms with Crippen LogP contribution >= 0.6 is 11.6 Å². The molecule has 0 radical (unpaired) electrons. The van der Waals surface area contributed by atoms with Gasteiger partial charge in [-0.15, -0.1) is 0 Å². The normalized spacial score (nSPS) is 15.3. The summed E-state index contributed by atoms with van der Waals surface area (Å²) in [5, 5.41) is 18.5. The van der Waals surface area contributed by atoms with E-state index in [0.717, 1.165) is 22.2 Å². The average Bonchev–Trinajstić information content (AvgIpc) is 3.50. The molecule has 1 aliphatic rings. The van der Waals surface area contributed by atoms with Gasteiger partial charge in [0, 0.05) is 29.6 Å². The molecule has 1 atom stereocenters. The Balaban J connectivity index is 1.66. The number of carboxylic acids is 1. The van der Waals surface area contributed by atoms with Crippen molar-refractivity contribution in [2.24, 2.45) is 5.10 Å². The van der Waals surface area contributed by atoms with E-state index in [1.54, 1.807) is 22.8 Å². The number of carbonyl (C=O) groups is 2. The molecule has 1 aliphatic heterocycles. The Morgan fingerprint density at radius 1 is 1.06 bits per heavy atom. The third-order valence-electron chi connectivity index (χ3n) is 6.31. The predicted molar refractivity (Wildman–Crippen MR) is 137 cm³/mol. The minimum absolute atomic E-state index is 0.188. The van der Waals surface area contributed by atoms with E-state index in [-0.39, 0.29) is 18.4 Å². The number of halogens is 1. The summed E-state index contributed by atoms with van der Waals surface area (Å²) in [6, 6.07) is 18.2. The van der Waals surface area contributed by atoms with Gasteiger partial charge in [0.15, 0.2) is 0 Å². The number of hydrazone groups is 1. The van der Waals surface area contributed by atoms with Crippen LogP contribution in [0, 0.1) is 6.92 Å². The zero-order valence-electron chi connectivity index (χ0n) is 19.4. The van der Waals surface area contributed by atoms with Crippen molar-refractivity contribution < 1.29 is 14.7 Å². The Morgan fingerprint density at radius 2 is 1.78 bits per heavy atom. The van der Waals surface area contributed by atoms with Crippen LogP contribution in [-0.2, 0) is 9.59 Å². The van der Waals surface area contributed by atoms with Crippen molar-refractivity contribution in [1.82, 2.24) is 14.6 Å². The van der Waals surface area contributed by atoms with Crippen LogP contribution in [0.4, 0.5) is 0 Å². The van der Waals surface area contributed by atoms with Crippen LogP contribution in [0.15, 0.2) is 76.8 Å². The van der Waals surface area contributed by atoms with Gasteiger partial charge in [-0.1, -0.05) is 53.6 Å². The van der Waals surface area contributed by atoms with Gasteiger partial charge in [-0.2, -0.15) is 5.10 Å². The number of carboxylic acid groups (broad SMARTS) is 1. The lowest BCUT2D eigenvalue weighted by molar-refractivity contribution is -0.141. The van der Waals surface area contributed by atoms with Crippen LogP contribution in [0.1, 0.15) is 42.0 Å². The number of nitrogens with one attached hydrogen (secondary N) is 1. The lowest BCUT2D eigenvalue weighted by Crippen LogP contribution is -2.27. The molecule has 2 aromatic carbocycles. The second kappa shape index (κ2) is 9.47. The quantitative estimate of drug-likeness (QED) is 0.395. The van der Waals surface area contributed by atoms with Gasteiger partial charge in [0.25, 0.3) is 5.56 Å². The van der Waals surface area contributed by atoms with Crippen LogP contribution in [-0.4, -0.2) is 37.3 Å². The van der Waals surface area contributed by atoms with Gasteiger partial charge in [-0.3, -0.25) is 24.0 Å². The maximum atomic E-state index is 13.4. The molecule has 5 rings (SSSR count). The molecule has 2 aromatic heterocycles. The van der Waals surface area contributed by atoms with Gasteiger partial charge in [-0.05, 0) is 42.3 Å². The Morgan fingerprint density at radius 3 is 2.47 bits per heavy atom. The van der Waals surface area contributed by atoms with Crippen molar-refractivity contribution >= 4 is 34.7 Å². The monoisotopic (exact) mass is 502 g/mol. The largest absolute Gasteiger partial charge is 0.481 e. The highest BCUT2D eigenvalue weighted by atomic mass is 35.5. The summed E-state index contributed by atoms with van der Waals surface area (Å²) in [5.74, 6) is -1.47. The fourth-order valence-electron chi connectivity index (χ4n) is 4.54. The fourth-order valence-corrected chi connectivity index (χ4v) is 4.67. The predicted octanol–water partition coefficient (Wildman–Crippen LogP) is 4.80. The molecule has 182 valence electrons. The number of aryl methyl sites for hydroxylation is 1. The van der Waals surface area contributed by atoms with E-state index in [9.17, 15) is 14.4 Å². The molecular weight excluding hydrogens is 480 g/mol. The minimum Gasteiger partial charge on any atom is -0.481 e. The average molecular weight is 503 g/mol. The van der Waals surface area contributed by atoms with Crippen LogP contribution in [0.25, 0.3) is 16.6 Å². The van der Waals surface area contributed by atoms with Crippen molar-refractivity contribution in [2.75, 3.05) is 0 Å². The summed E-state index contributed by atoms with van der Waals surface area (Å²) >= 11 is 6.12. The SMILES string of the molecule is Cc1ccc([C@@H]2CC(c3c(-c4ccc(Cl)cc4)c4cccn4[nH]c3=O)=NN2C(=O)CCC(=O)O)cc1. The number of hydrogen-bond donors (Lipinski definition) is 2. The standard InChI is InChI=1S/C27H23ClN4O4/c1-16-4-6-17(7-5-16)22-15-20(29-32(22)23(33)12-13-24(34)35)26-25(18-8-10-19(28)11-9-18)21-3-2-14-31(21)30-27(26)36/h2-11,14,22H,12-13,15H2,1H3,(H,30,36)(H,34,35)/t22-/m0/s1. The maximum Gasteiger partial charge on any atom is 0.303 e. The third kappa shape index (κ3) is 4.43. The van der Waals surface area contributed by atoms with Gasteiger partial charge in [-0.25, -0.2) is 5.01 Å². The van der Waals surface area contributed by atoms with Gasteiger partial charge in [0.2, 0.25) is 5.91 Å². The van der Waals surface area contributed by atoms with Crippen LogP contribution in [0.5, 0.6) is 0 Å². The zero-order valence-corrected chi connectivity index (χ0v) is 20.2. The molecule has 0 fully saturated rings. The van der Waals surface area contributed by atoms with Crippen LogP contribution < -0.4 is 5.56 Å². The first-order valence-corrected chi connectivity index (χ1v) is 11.9. The number of aromatic nitrogens is 2. The molecule has 0 aliphatic carbocycles. The zero-order chi connectivity index (χ0) is 25.4. The molecule has 4 aromatic rings. The lowest BCUT2D eigenvalue weighted by Gasteiger charge is -2.22. The van der Waals surface area contributed by atoms with Crippen molar-refractivity contribution in [3.63, 3.8) is 0 Å². The second-order valence-corrected chi connectivity index (χ2v) is 9.21. The molecule has 0 saturated heterocycles. The topological polar surface area (TPSA) is 107 Å². The summed E-state index contributed by atoms with van der Waals surface area (Å²) in [6.45, 7) is 1.97.